The van der Waals surface area contributed by atoms with Crippen molar-refractivity contribution in [3.05, 3.63) is 59.7 Å². The monoisotopic (exact) mass is 362 g/mol. The molecule has 0 amide bonds. The Labute approximate surface area is 155 Å². The minimum atomic E-state index is -0.286. The maximum Gasteiger partial charge on any atom is 0.211 e. The fraction of sp³-hybridized carbons (Fsp3) is 0.200. The van der Waals surface area contributed by atoms with Crippen molar-refractivity contribution in [2.75, 3.05) is 0 Å². The van der Waals surface area contributed by atoms with Crippen LogP contribution >= 0.6 is 11.8 Å². The van der Waals surface area contributed by atoms with Crippen molar-refractivity contribution in [3.63, 3.8) is 0 Å². The second kappa shape index (κ2) is 6.88. The Balaban J connectivity index is 1.57. The molecule has 26 heavy (non-hydrogen) atoms. The SMILES string of the molecule is CCc1ccc(C(=O)[C@@H](C)Sc2nnc3c(n2)[nH]c2ccccc23)cc1. The van der Waals surface area contributed by atoms with Gasteiger partial charge in [-0.25, -0.2) is 4.98 Å². The minimum Gasteiger partial charge on any atom is -0.338 e. The molecule has 0 saturated carbocycles. The van der Waals surface area contributed by atoms with Crippen LogP contribution < -0.4 is 0 Å². The molecule has 0 spiro atoms. The van der Waals surface area contributed by atoms with Crippen molar-refractivity contribution < 1.29 is 4.79 Å². The number of H-pyrrole nitrogens is 1. The Morgan fingerprint density at radius 2 is 1.88 bits per heavy atom. The Morgan fingerprint density at radius 3 is 2.65 bits per heavy atom. The van der Waals surface area contributed by atoms with Crippen LogP contribution in [0.25, 0.3) is 22.1 Å². The van der Waals surface area contributed by atoms with Crippen LogP contribution in [0.1, 0.15) is 29.8 Å². The number of hydrogen-bond acceptors (Lipinski definition) is 5. The number of hydrogen-bond donors (Lipinski definition) is 1. The summed E-state index contributed by atoms with van der Waals surface area (Å²) in [5.41, 5.74) is 4.35. The molecular formula is C20H18N4OS. The first kappa shape index (κ1) is 16.7. The van der Waals surface area contributed by atoms with E-state index in [9.17, 15) is 4.79 Å². The van der Waals surface area contributed by atoms with Gasteiger partial charge in [0.2, 0.25) is 5.16 Å². The fourth-order valence-electron chi connectivity index (χ4n) is 2.91. The Hall–Kier alpha value is -2.73. The third-order valence-corrected chi connectivity index (χ3v) is 5.35. The van der Waals surface area contributed by atoms with E-state index in [2.05, 4.69) is 27.1 Å². The van der Waals surface area contributed by atoms with Crippen LogP contribution in [-0.2, 0) is 6.42 Å². The van der Waals surface area contributed by atoms with Crippen molar-refractivity contribution in [1.82, 2.24) is 20.2 Å². The number of aryl methyl sites for hydroxylation is 1. The molecule has 2 aromatic carbocycles. The van der Waals surface area contributed by atoms with E-state index in [4.69, 9.17) is 0 Å². The normalized spacial score (nSPS) is 12.5. The molecule has 4 rings (SSSR count). The molecule has 2 heterocycles. The summed E-state index contributed by atoms with van der Waals surface area (Å²) in [7, 11) is 0. The lowest BCUT2D eigenvalue weighted by atomic mass is 10.1. The highest BCUT2D eigenvalue weighted by atomic mass is 32.2. The number of fused-ring (bicyclic) bond motifs is 3. The lowest BCUT2D eigenvalue weighted by Gasteiger charge is -2.09. The summed E-state index contributed by atoms with van der Waals surface area (Å²) in [6, 6.07) is 15.7. The van der Waals surface area contributed by atoms with Crippen molar-refractivity contribution in [1.29, 1.82) is 0 Å². The van der Waals surface area contributed by atoms with Gasteiger partial charge in [0, 0.05) is 16.5 Å². The van der Waals surface area contributed by atoms with Crippen LogP contribution in [0, 0.1) is 0 Å². The summed E-state index contributed by atoms with van der Waals surface area (Å²) in [5.74, 6) is 0.0676. The van der Waals surface area contributed by atoms with Crippen molar-refractivity contribution >= 4 is 39.6 Å². The van der Waals surface area contributed by atoms with Crippen molar-refractivity contribution in [2.45, 2.75) is 30.7 Å². The van der Waals surface area contributed by atoms with Crippen LogP contribution in [0.5, 0.6) is 0 Å². The van der Waals surface area contributed by atoms with Crippen LogP contribution in [0.4, 0.5) is 0 Å². The zero-order valence-electron chi connectivity index (χ0n) is 14.6. The number of aromatic amines is 1. The number of benzene rings is 2. The zero-order valence-corrected chi connectivity index (χ0v) is 15.4. The van der Waals surface area contributed by atoms with Gasteiger partial charge in [0.25, 0.3) is 0 Å². The van der Waals surface area contributed by atoms with E-state index < -0.39 is 0 Å². The number of Topliss-reactive ketones (excluding diaryl/α,β-unsaturated/α-hetero) is 1. The highest BCUT2D eigenvalue weighted by Gasteiger charge is 2.19. The first-order valence-corrected chi connectivity index (χ1v) is 9.44. The average Bonchev–Trinajstić information content (AvgIpc) is 3.05. The summed E-state index contributed by atoms with van der Waals surface area (Å²) in [6.07, 6.45) is 0.961. The van der Waals surface area contributed by atoms with Crippen LogP contribution in [0.3, 0.4) is 0 Å². The number of nitrogens with one attached hydrogen (secondary N) is 1. The highest BCUT2D eigenvalue weighted by Crippen LogP contribution is 2.26. The van der Waals surface area contributed by atoms with E-state index in [0.29, 0.717) is 16.4 Å². The molecule has 4 aromatic rings. The number of ketones is 1. The largest absolute Gasteiger partial charge is 0.338 e. The number of carbonyl (C=O) groups is 1. The van der Waals surface area contributed by atoms with Crippen molar-refractivity contribution in [2.24, 2.45) is 0 Å². The fourth-order valence-corrected chi connectivity index (χ4v) is 3.70. The first-order chi connectivity index (χ1) is 12.7. The molecule has 130 valence electrons. The van der Waals surface area contributed by atoms with E-state index >= 15 is 0 Å². The van der Waals surface area contributed by atoms with Crippen LogP contribution in [-0.4, -0.2) is 31.2 Å². The van der Waals surface area contributed by atoms with Gasteiger partial charge in [-0.15, -0.1) is 10.2 Å². The molecule has 0 aliphatic heterocycles. The average molecular weight is 362 g/mol. The molecule has 0 aliphatic carbocycles. The quantitative estimate of drug-likeness (QED) is 0.420. The van der Waals surface area contributed by atoms with Crippen molar-refractivity contribution in [3.8, 4) is 0 Å². The van der Waals surface area contributed by atoms with Gasteiger partial charge >= 0.3 is 0 Å². The number of para-hydroxylation sites is 1. The van der Waals surface area contributed by atoms with Gasteiger partial charge in [-0.1, -0.05) is 61.2 Å². The smallest absolute Gasteiger partial charge is 0.211 e. The second-order valence-electron chi connectivity index (χ2n) is 6.14. The summed E-state index contributed by atoms with van der Waals surface area (Å²) >= 11 is 1.33. The summed E-state index contributed by atoms with van der Waals surface area (Å²) in [5, 5.41) is 9.71. The van der Waals surface area contributed by atoms with Crippen LogP contribution in [0.15, 0.2) is 53.7 Å². The van der Waals surface area contributed by atoms with Gasteiger partial charge in [0.1, 0.15) is 5.52 Å². The molecule has 1 N–H and O–H groups in total. The standard InChI is InChI=1S/C20H18N4OS/c1-3-13-8-10-14(11-9-13)18(25)12(2)26-20-22-19-17(23-24-20)15-6-4-5-7-16(15)21-19/h4-12H,3H2,1-2H3,(H,21,22,24)/t12-/m1/s1. The van der Waals surface area contributed by atoms with E-state index in [1.54, 1.807) is 0 Å². The maximum absolute atomic E-state index is 12.6. The van der Waals surface area contributed by atoms with Gasteiger partial charge in [-0.05, 0) is 25.0 Å². The van der Waals surface area contributed by atoms with Crippen LogP contribution in [0.2, 0.25) is 0 Å². The predicted octanol–water partition coefficient (Wildman–Crippen LogP) is 4.43. The highest BCUT2D eigenvalue weighted by molar-refractivity contribution is 8.00. The van der Waals surface area contributed by atoms with Gasteiger partial charge in [0.05, 0.1) is 5.25 Å². The number of nitrogens with zero attached hydrogens (tertiary/aromatic N) is 3. The summed E-state index contributed by atoms with van der Waals surface area (Å²) in [6.45, 7) is 3.97. The van der Waals surface area contributed by atoms with E-state index in [1.807, 2.05) is 55.5 Å². The predicted molar refractivity (Wildman–Crippen MR) is 105 cm³/mol. The lowest BCUT2D eigenvalue weighted by Crippen LogP contribution is -2.14. The summed E-state index contributed by atoms with van der Waals surface area (Å²) < 4.78 is 0. The Morgan fingerprint density at radius 1 is 1.12 bits per heavy atom. The number of rotatable bonds is 5. The molecule has 0 saturated heterocycles. The molecule has 5 nitrogen and oxygen atoms in total. The topological polar surface area (TPSA) is 71.5 Å². The molecule has 2 aromatic heterocycles. The molecule has 0 radical (unpaired) electrons. The van der Waals surface area contributed by atoms with E-state index in [-0.39, 0.29) is 11.0 Å². The molecule has 0 fully saturated rings. The third-order valence-electron chi connectivity index (χ3n) is 4.40. The van der Waals surface area contributed by atoms with E-state index in [0.717, 1.165) is 22.8 Å². The molecule has 1 atom stereocenters. The molecule has 6 heteroatoms. The van der Waals surface area contributed by atoms with Gasteiger partial charge in [-0.2, -0.15) is 0 Å². The summed E-state index contributed by atoms with van der Waals surface area (Å²) in [4.78, 5) is 20.4. The molecule has 0 bridgehead atoms. The maximum atomic E-state index is 12.6. The van der Waals surface area contributed by atoms with Gasteiger partial charge in [-0.3, -0.25) is 4.79 Å². The number of thioether (sulfide) groups is 1. The van der Waals surface area contributed by atoms with E-state index in [1.165, 1.54) is 17.3 Å². The van der Waals surface area contributed by atoms with Gasteiger partial charge < -0.3 is 4.98 Å². The number of carbonyl (C=O) groups excluding carboxylic acids is 1. The first-order valence-electron chi connectivity index (χ1n) is 8.56. The van der Waals surface area contributed by atoms with Gasteiger partial charge in [0.15, 0.2) is 11.4 Å². The molecular weight excluding hydrogens is 344 g/mol. The zero-order chi connectivity index (χ0) is 18.1. The lowest BCUT2D eigenvalue weighted by molar-refractivity contribution is 0.0994. The number of aromatic nitrogens is 4. The minimum absolute atomic E-state index is 0.0676. The second-order valence-corrected chi connectivity index (χ2v) is 7.44. The molecule has 0 unspecified atom stereocenters. The Bertz CT molecular complexity index is 1090. The third kappa shape index (κ3) is 3.08. The molecule has 0 aliphatic rings. The Kier molecular flexibility index (Phi) is 4.42.